The number of fused-ring (bicyclic) bond motifs is 2. The molecular formula is C34H37BrI4N2O2. The lowest BCUT2D eigenvalue weighted by Gasteiger charge is -2.27. The van der Waals surface area contributed by atoms with Crippen molar-refractivity contribution in [3.63, 3.8) is 0 Å². The average molecular weight is 1090 g/mol. The number of halogens is 5. The van der Waals surface area contributed by atoms with Gasteiger partial charge in [0.1, 0.15) is 7.05 Å². The summed E-state index contributed by atoms with van der Waals surface area (Å²) in [7, 11) is 2.16. The van der Waals surface area contributed by atoms with Crippen molar-refractivity contribution in [1.82, 2.24) is 0 Å². The number of carbonyl (C=O) groups is 1. The number of carboxylic acids is 1. The first kappa shape index (κ1) is 37.2. The highest BCUT2D eigenvalue weighted by Crippen LogP contribution is 2.50. The summed E-state index contributed by atoms with van der Waals surface area (Å²) in [4.78, 5) is 13.4. The Kier molecular flexibility index (Phi) is 13.5. The molecule has 1 N–H and O–H groups in total. The topological polar surface area (TPSA) is 43.5 Å². The van der Waals surface area contributed by atoms with Crippen molar-refractivity contribution in [3.8, 4) is 0 Å². The minimum absolute atomic E-state index is 0. The maximum absolute atomic E-state index is 10.9. The number of nitrogens with zero attached hydrogens (tertiary/aromatic N) is 2. The van der Waals surface area contributed by atoms with Gasteiger partial charge < -0.3 is 27.0 Å². The monoisotopic (exact) mass is 1090 g/mol. The average Bonchev–Trinajstić information content (AvgIpc) is 3.20. The first-order valence-corrected chi connectivity index (χ1v) is 18.4. The van der Waals surface area contributed by atoms with Gasteiger partial charge in [0.2, 0.25) is 5.69 Å². The molecule has 9 heteroatoms. The van der Waals surface area contributed by atoms with Gasteiger partial charge in [-0.05, 0) is 141 Å². The van der Waals surface area contributed by atoms with Crippen molar-refractivity contribution < 1.29 is 31.5 Å². The highest BCUT2D eigenvalue weighted by atomic mass is 127. The van der Waals surface area contributed by atoms with E-state index in [9.17, 15) is 4.79 Å². The molecule has 0 radical (unpaired) electrons. The fraction of sp³-hybridized carbons (Fsp3) is 0.353. The third-order valence-electron chi connectivity index (χ3n) is 8.13. The molecule has 0 atom stereocenters. The van der Waals surface area contributed by atoms with E-state index >= 15 is 0 Å². The molecule has 2 heterocycles. The molecule has 2 aromatic carbocycles. The molecule has 0 unspecified atom stereocenters. The van der Waals surface area contributed by atoms with Crippen molar-refractivity contribution >= 4 is 113 Å². The summed E-state index contributed by atoms with van der Waals surface area (Å²) >= 11 is 9.75. The second-order valence-corrected chi connectivity index (χ2v) is 16.6. The number of anilines is 1. The van der Waals surface area contributed by atoms with Gasteiger partial charge >= 0.3 is 5.97 Å². The van der Waals surface area contributed by atoms with Gasteiger partial charge in [0.25, 0.3) is 0 Å². The summed E-state index contributed by atoms with van der Waals surface area (Å²) in [6, 6.07) is 9.07. The number of hydrogen-bond acceptors (Lipinski definition) is 2. The molecule has 0 spiro atoms. The van der Waals surface area contributed by atoms with Crippen molar-refractivity contribution in [1.29, 1.82) is 0 Å². The second-order valence-electron chi connectivity index (χ2n) is 11.8. The number of aliphatic carboxylic acids is 1. The Labute approximate surface area is 321 Å². The molecule has 0 amide bonds. The number of allylic oxidation sites excluding steroid dienone is 8. The Morgan fingerprint density at radius 3 is 2.12 bits per heavy atom. The van der Waals surface area contributed by atoms with Crippen LogP contribution in [0.5, 0.6) is 0 Å². The summed E-state index contributed by atoms with van der Waals surface area (Å²) < 4.78 is 7.42. The Bertz CT molecular complexity index is 1550. The van der Waals surface area contributed by atoms with Gasteiger partial charge in [0.15, 0.2) is 5.71 Å². The molecule has 2 aliphatic heterocycles. The van der Waals surface area contributed by atoms with E-state index in [1.54, 1.807) is 0 Å². The van der Waals surface area contributed by atoms with Gasteiger partial charge in [-0.25, -0.2) is 0 Å². The minimum Gasteiger partial charge on any atom is -1.00 e. The van der Waals surface area contributed by atoms with Gasteiger partial charge in [-0.2, -0.15) is 4.58 Å². The lowest BCUT2D eigenvalue weighted by Crippen LogP contribution is -3.00. The quantitative estimate of drug-likeness (QED) is 0.120. The fourth-order valence-corrected chi connectivity index (χ4v) is 11.2. The van der Waals surface area contributed by atoms with E-state index in [2.05, 4.69) is 201 Å². The second kappa shape index (κ2) is 15.6. The van der Waals surface area contributed by atoms with Crippen molar-refractivity contribution in [2.24, 2.45) is 0 Å². The molecule has 230 valence electrons. The van der Waals surface area contributed by atoms with Crippen LogP contribution in [0.3, 0.4) is 0 Å². The number of unbranched alkanes of at least 4 members (excludes halogenated alkanes) is 2. The zero-order valence-corrected chi connectivity index (χ0v) is 35.2. The van der Waals surface area contributed by atoms with Crippen LogP contribution >= 0.6 is 90.4 Å². The largest absolute Gasteiger partial charge is 1.00 e. The number of carboxylic acid groups (broad SMARTS) is 1. The van der Waals surface area contributed by atoms with Crippen molar-refractivity contribution in [2.45, 2.75) is 64.2 Å². The van der Waals surface area contributed by atoms with Crippen LogP contribution in [-0.2, 0) is 15.6 Å². The third kappa shape index (κ3) is 8.19. The van der Waals surface area contributed by atoms with E-state index in [0.29, 0.717) is 0 Å². The predicted molar refractivity (Wildman–Crippen MR) is 210 cm³/mol. The highest BCUT2D eigenvalue weighted by molar-refractivity contribution is 14.1. The zero-order chi connectivity index (χ0) is 30.8. The highest BCUT2D eigenvalue weighted by Gasteiger charge is 2.44. The van der Waals surface area contributed by atoms with Crippen molar-refractivity contribution in [3.05, 3.63) is 97.9 Å². The molecule has 0 aromatic heterocycles. The normalized spacial score (nSPS) is 17.9. The van der Waals surface area contributed by atoms with Gasteiger partial charge in [-0.3, -0.25) is 4.79 Å². The minimum atomic E-state index is -0.715. The molecule has 2 aromatic rings. The molecule has 43 heavy (non-hydrogen) atoms. The molecule has 0 aliphatic carbocycles. The Morgan fingerprint density at radius 2 is 1.44 bits per heavy atom. The van der Waals surface area contributed by atoms with Crippen LogP contribution in [0.25, 0.3) is 0 Å². The van der Waals surface area contributed by atoms with E-state index in [0.717, 1.165) is 25.8 Å². The van der Waals surface area contributed by atoms with E-state index in [1.807, 2.05) is 0 Å². The lowest BCUT2D eigenvalue weighted by molar-refractivity contribution is -0.401. The zero-order valence-electron chi connectivity index (χ0n) is 25.0. The van der Waals surface area contributed by atoms with Crippen molar-refractivity contribution in [2.75, 3.05) is 18.5 Å². The molecule has 0 bridgehead atoms. The predicted octanol–water partition coefficient (Wildman–Crippen LogP) is 7.11. The van der Waals surface area contributed by atoms with Crippen LogP contribution in [0.1, 0.15) is 64.5 Å². The maximum atomic E-state index is 10.9. The number of rotatable bonds is 10. The third-order valence-corrected chi connectivity index (χ3v) is 11.1. The number of benzene rings is 2. The smallest absolute Gasteiger partial charge is 0.303 e. The Morgan fingerprint density at radius 1 is 0.837 bits per heavy atom. The summed E-state index contributed by atoms with van der Waals surface area (Å²) in [5.74, 6) is -0.715. The summed E-state index contributed by atoms with van der Waals surface area (Å²) in [5, 5.41) is 9.00. The fourth-order valence-electron chi connectivity index (χ4n) is 6.18. The SMILES string of the molecule is C[N+]1=C(/C=C/C=C/C=C/C=C2\N(CCCCCC(=O)O)c3cc(I)cc(I)c3C2(C)C)C(C)(C)c2c(I)cc(I)cc21.[Br-]. The molecule has 0 saturated heterocycles. The van der Waals surface area contributed by atoms with Gasteiger partial charge in [-0.15, -0.1) is 0 Å². The van der Waals surface area contributed by atoms with Gasteiger partial charge in [0, 0.05) is 61.8 Å². The Hall–Kier alpha value is -0.260. The lowest BCUT2D eigenvalue weighted by atomic mass is 9.81. The van der Waals surface area contributed by atoms with Crippen LogP contribution < -0.4 is 21.9 Å². The molecule has 4 rings (SSSR count). The van der Waals surface area contributed by atoms with Crippen LogP contribution in [-0.4, -0.2) is 35.0 Å². The summed E-state index contributed by atoms with van der Waals surface area (Å²) in [6.07, 6.45) is 17.9. The Balaban J connectivity index is 0.00000506. The summed E-state index contributed by atoms with van der Waals surface area (Å²) in [5.41, 5.74) is 7.75. The van der Waals surface area contributed by atoms with Crippen LogP contribution in [0.2, 0.25) is 0 Å². The molecular weight excluding hydrogens is 1060 g/mol. The maximum Gasteiger partial charge on any atom is 0.303 e. The van der Waals surface area contributed by atoms with E-state index in [4.69, 9.17) is 5.11 Å². The molecule has 0 fully saturated rings. The summed E-state index contributed by atoms with van der Waals surface area (Å²) in [6.45, 7) is 10.1. The van der Waals surface area contributed by atoms with Crippen LogP contribution in [0.15, 0.2) is 72.5 Å². The number of hydrogen-bond donors (Lipinski definition) is 1. The van der Waals surface area contributed by atoms with Gasteiger partial charge in [0.05, 0.1) is 11.0 Å². The first-order chi connectivity index (χ1) is 19.8. The van der Waals surface area contributed by atoms with Gasteiger partial charge in [-0.1, -0.05) is 50.6 Å². The standard InChI is InChI=1S/C34H36I4N2O2.BrH/c1-33(2)28(39(5)26-20-22(35)18-24(37)31(26)33)14-10-7-6-8-11-15-29-34(3,4)32-25(38)19-23(36)21-27(32)40(29)17-13-9-12-16-30(41)42;/h6-8,10-11,14-15,18-21H,9,12-13,16-17H2,1-5H3;1H. The molecule has 4 nitrogen and oxygen atoms in total. The first-order valence-electron chi connectivity index (χ1n) is 14.1. The van der Waals surface area contributed by atoms with E-state index < -0.39 is 5.97 Å². The van der Waals surface area contributed by atoms with Crippen LogP contribution in [0.4, 0.5) is 11.4 Å². The van der Waals surface area contributed by atoms with Crippen LogP contribution in [0, 0.1) is 14.3 Å². The van der Waals surface area contributed by atoms with E-state index in [1.165, 1.54) is 48.2 Å². The van der Waals surface area contributed by atoms with E-state index in [-0.39, 0.29) is 34.2 Å². The molecule has 0 saturated carbocycles. The molecule has 2 aliphatic rings.